The van der Waals surface area contributed by atoms with Gasteiger partial charge in [-0.15, -0.1) is 0 Å². The fourth-order valence-corrected chi connectivity index (χ4v) is 5.72. The molecule has 0 saturated carbocycles. The number of rotatable bonds is 10. The molecule has 0 saturated heterocycles. The van der Waals surface area contributed by atoms with Gasteiger partial charge in [0, 0.05) is 28.1 Å². The Morgan fingerprint density at radius 3 is 2.16 bits per heavy atom. The van der Waals surface area contributed by atoms with Crippen LogP contribution >= 0.6 is 23.2 Å². The van der Waals surface area contributed by atoms with E-state index in [1.165, 1.54) is 42.5 Å². The van der Waals surface area contributed by atoms with E-state index in [9.17, 15) is 41.6 Å². The Bertz CT molecular complexity index is 1440. The molecule has 0 aliphatic carbocycles. The third-order valence-electron chi connectivity index (χ3n) is 5.30. The molecule has 0 amide bonds. The Hall–Kier alpha value is -3.35. The maximum Gasteiger partial charge on any atom is 0.416 e. The fourth-order valence-electron chi connectivity index (χ4n) is 3.59. The summed E-state index contributed by atoms with van der Waals surface area (Å²) in [5.41, 5.74) is -1.73. The molecular weight excluding hydrogens is 574 g/mol. The SMILES string of the molecule is O=C(O)CC(CS(=O)(=O)c1ccc(OCc2cc([N+](=O)[O-])cc(C(F)(F)F)c2)cc1)c1cc(Cl)cc(Cl)c1. The number of carbonyl (C=O) groups is 1. The van der Waals surface area contributed by atoms with E-state index in [-0.39, 0.29) is 26.3 Å². The number of halogens is 5. The summed E-state index contributed by atoms with van der Waals surface area (Å²) < 4.78 is 70.7. The van der Waals surface area contributed by atoms with Crippen molar-refractivity contribution in [3.05, 3.63) is 97.5 Å². The lowest BCUT2D eigenvalue weighted by Crippen LogP contribution is -2.18. The topological polar surface area (TPSA) is 124 Å². The standard InChI is InChI=1S/C24H18Cl2F3NO7S/c25-18-7-15(8-19(26)11-18)16(9-23(31)32)13-38(35,36)22-3-1-21(2-4-22)37-12-14-5-17(24(27,28)29)10-20(6-14)30(33)34/h1-8,10-11,16H,9,12-13H2,(H,31,32). The second-order valence-corrected chi connectivity index (χ2v) is 11.1. The highest BCUT2D eigenvalue weighted by atomic mass is 35.5. The minimum absolute atomic E-state index is 0.0905. The molecule has 0 spiro atoms. The molecule has 0 aliphatic rings. The van der Waals surface area contributed by atoms with Crippen LogP contribution in [0.5, 0.6) is 5.75 Å². The van der Waals surface area contributed by atoms with Gasteiger partial charge in [-0.3, -0.25) is 14.9 Å². The zero-order valence-electron chi connectivity index (χ0n) is 19.1. The van der Waals surface area contributed by atoms with E-state index in [0.29, 0.717) is 11.6 Å². The number of hydrogen-bond donors (Lipinski definition) is 1. The average Bonchev–Trinajstić information content (AvgIpc) is 2.81. The monoisotopic (exact) mass is 591 g/mol. The summed E-state index contributed by atoms with van der Waals surface area (Å²) in [5, 5.41) is 20.7. The van der Waals surface area contributed by atoms with Crippen molar-refractivity contribution >= 4 is 44.7 Å². The number of ether oxygens (including phenoxy) is 1. The zero-order chi connectivity index (χ0) is 28.3. The van der Waals surface area contributed by atoms with Crippen LogP contribution in [-0.4, -0.2) is 30.2 Å². The summed E-state index contributed by atoms with van der Waals surface area (Å²) in [6.07, 6.45) is -5.30. The third-order valence-corrected chi connectivity index (χ3v) is 7.57. The number of alkyl halides is 3. The summed E-state index contributed by atoms with van der Waals surface area (Å²) >= 11 is 12.0. The van der Waals surface area contributed by atoms with Crippen molar-refractivity contribution in [3.8, 4) is 5.75 Å². The minimum atomic E-state index is -4.80. The van der Waals surface area contributed by atoms with Crippen LogP contribution in [0.4, 0.5) is 18.9 Å². The van der Waals surface area contributed by atoms with E-state index < -0.39 is 62.9 Å². The lowest BCUT2D eigenvalue weighted by molar-refractivity contribution is -0.385. The van der Waals surface area contributed by atoms with Crippen molar-refractivity contribution in [2.75, 3.05) is 5.75 Å². The van der Waals surface area contributed by atoms with Gasteiger partial charge in [-0.1, -0.05) is 23.2 Å². The first-order chi connectivity index (χ1) is 17.6. The van der Waals surface area contributed by atoms with Crippen LogP contribution in [-0.2, 0) is 27.4 Å². The molecule has 1 atom stereocenters. The number of carboxylic acid groups (broad SMARTS) is 1. The third kappa shape index (κ3) is 7.83. The molecule has 3 rings (SSSR count). The number of nitro benzene ring substituents is 1. The summed E-state index contributed by atoms with van der Waals surface area (Å²) in [6.45, 7) is -0.451. The molecule has 1 N–H and O–H groups in total. The molecule has 3 aromatic rings. The van der Waals surface area contributed by atoms with Crippen molar-refractivity contribution in [3.63, 3.8) is 0 Å². The molecule has 0 aromatic heterocycles. The van der Waals surface area contributed by atoms with Crippen LogP contribution in [0.3, 0.4) is 0 Å². The first-order valence-electron chi connectivity index (χ1n) is 10.6. The Morgan fingerprint density at radius 1 is 1.03 bits per heavy atom. The number of hydrogen-bond acceptors (Lipinski definition) is 6. The van der Waals surface area contributed by atoms with Crippen molar-refractivity contribution in [2.45, 2.75) is 30.0 Å². The van der Waals surface area contributed by atoms with Crippen molar-refractivity contribution in [1.82, 2.24) is 0 Å². The Morgan fingerprint density at radius 2 is 1.63 bits per heavy atom. The molecule has 0 radical (unpaired) electrons. The highest BCUT2D eigenvalue weighted by molar-refractivity contribution is 7.91. The minimum Gasteiger partial charge on any atom is -0.489 e. The van der Waals surface area contributed by atoms with Gasteiger partial charge >= 0.3 is 12.1 Å². The first kappa shape index (κ1) is 29.2. The van der Waals surface area contributed by atoms with Gasteiger partial charge in [0.05, 0.1) is 27.6 Å². The number of benzene rings is 3. The lowest BCUT2D eigenvalue weighted by Gasteiger charge is -2.17. The van der Waals surface area contributed by atoms with Gasteiger partial charge in [-0.25, -0.2) is 8.42 Å². The molecule has 14 heteroatoms. The van der Waals surface area contributed by atoms with Gasteiger partial charge in [0.1, 0.15) is 12.4 Å². The molecule has 3 aromatic carbocycles. The number of sulfone groups is 1. The molecule has 0 aliphatic heterocycles. The van der Waals surface area contributed by atoms with Gasteiger partial charge in [0.2, 0.25) is 0 Å². The number of nitrogens with zero attached hydrogens (tertiary/aromatic N) is 1. The van der Waals surface area contributed by atoms with Gasteiger partial charge < -0.3 is 9.84 Å². The molecule has 38 heavy (non-hydrogen) atoms. The van der Waals surface area contributed by atoms with Gasteiger partial charge in [-0.05, 0) is 59.7 Å². The highest BCUT2D eigenvalue weighted by Crippen LogP contribution is 2.33. The molecule has 0 bridgehead atoms. The molecular formula is C24H18Cl2F3NO7S. The zero-order valence-corrected chi connectivity index (χ0v) is 21.4. The van der Waals surface area contributed by atoms with E-state index in [1.807, 2.05) is 0 Å². The number of carboxylic acids is 1. The number of aliphatic carboxylic acids is 1. The molecule has 0 fully saturated rings. The number of nitro groups is 1. The van der Waals surface area contributed by atoms with Gasteiger partial charge in [-0.2, -0.15) is 13.2 Å². The van der Waals surface area contributed by atoms with Crippen LogP contribution in [0.1, 0.15) is 29.0 Å². The summed E-state index contributed by atoms with van der Waals surface area (Å²) in [5.74, 6) is -2.65. The van der Waals surface area contributed by atoms with E-state index in [0.717, 1.165) is 12.1 Å². The summed E-state index contributed by atoms with van der Waals surface area (Å²) in [4.78, 5) is 21.3. The predicted molar refractivity (Wildman–Crippen MR) is 132 cm³/mol. The van der Waals surface area contributed by atoms with Crippen LogP contribution in [0.25, 0.3) is 0 Å². The predicted octanol–water partition coefficient (Wildman–Crippen LogP) is 6.53. The molecule has 0 heterocycles. The normalized spacial score (nSPS) is 12.7. The highest BCUT2D eigenvalue weighted by Gasteiger charge is 2.33. The average molecular weight is 592 g/mol. The Labute approximate surface area is 224 Å². The van der Waals surface area contributed by atoms with Crippen molar-refractivity contribution in [2.24, 2.45) is 0 Å². The van der Waals surface area contributed by atoms with Crippen LogP contribution in [0.2, 0.25) is 10.0 Å². The van der Waals surface area contributed by atoms with Crippen molar-refractivity contribution < 1.29 is 41.2 Å². The smallest absolute Gasteiger partial charge is 0.416 e. The van der Waals surface area contributed by atoms with E-state index in [1.54, 1.807) is 0 Å². The van der Waals surface area contributed by atoms with Crippen molar-refractivity contribution in [1.29, 1.82) is 0 Å². The maximum absolute atomic E-state index is 13.1. The maximum atomic E-state index is 13.1. The summed E-state index contributed by atoms with van der Waals surface area (Å²) in [7, 11) is -4.00. The van der Waals surface area contributed by atoms with E-state index >= 15 is 0 Å². The molecule has 202 valence electrons. The largest absolute Gasteiger partial charge is 0.489 e. The van der Waals surface area contributed by atoms with Crippen LogP contribution < -0.4 is 4.74 Å². The van der Waals surface area contributed by atoms with Crippen LogP contribution in [0.15, 0.2) is 65.6 Å². The van der Waals surface area contributed by atoms with Gasteiger partial charge in [0.15, 0.2) is 9.84 Å². The molecule has 8 nitrogen and oxygen atoms in total. The Balaban J connectivity index is 1.78. The second kappa shape index (κ2) is 11.6. The lowest BCUT2D eigenvalue weighted by atomic mass is 9.98. The molecule has 1 unspecified atom stereocenters. The quantitative estimate of drug-likeness (QED) is 0.210. The number of non-ortho nitro benzene ring substituents is 1. The van der Waals surface area contributed by atoms with Gasteiger partial charge in [0.25, 0.3) is 5.69 Å². The Kier molecular flexibility index (Phi) is 8.90. The van der Waals surface area contributed by atoms with E-state index in [4.69, 9.17) is 27.9 Å². The fraction of sp³-hybridized carbons (Fsp3) is 0.208. The summed E-state index contributed by atoms with van der Waals surface area (Å²) in [6, 6.07) is 11.3. The first-order valence-corrected chi connectivity index (χ1v) is 13.0. The van der Waals surface area contributed by atoms with E-state index in [2.05, 4.69) is 0 Å². The van der Waals surface area contributed by atoms with Crippen LogP contribution in [0, 0.1) is 10.1 Å². The second-order valence-electron chi connectivity index (χ2n) is 8.18.